The lowest BCUT2D eigenvalue weighted by molar-refractivity contribution is 0.188. The Kier molecular flexibility index (Phi) is 5.18. The van der Waals surface area contributed by atoms with E-state index in [1.165, 1.54) is 61.9 Å². The van der Waals surface area contributed by atoms with Gasteiger partial charge in [0.1, 0.15) is 0 Å². The van der Waals surface area contributed by atoms with Gasteiger partial charge in [-0.25, -0.2) is 0 Å². The summed E-state index contributed by atoms with van der Waals surface area (Å²) in [5.41, 5.74) is 1.57. The molecular weight excluding hydrogens is 332 g/mol. The molecule has 2 aliphatic rings. The van der Waals surface area contributed by atoms with Crippen molar-refractivity contribution in [3.8, 4) is 0 Å². The van der Waals surface area contributed by atoms with Crippen LogP contribution < -0.4 is 5.32 Å². The van der Waals surface area contributed by atoms with Crippen molar-refractivity contribution in [2.75, 3.05) is 19.6 Å². The van der Waals surface area contributed by atoms with Gasteiger partial charge in [0.15, 0.2) is 0 Å². The van der Waals surface area contributed by atoms with Crippen molar-refractivity contribution >= 4 is 27.3 Å². The molecule has 4 heteroatoms. The summed E-state index contributed by atoms with van der Waals surface area (Å²) in [6.07, 6.45) is 7.84. The highest BCUT2D eigenvalue weighted by atomic mass is 79.9. The second kappa shape index (κ2) is 6.91. The summed E-state index contributed by atoms with van der Waals surface area (Å²) in [7, 11) is 0. The Morgan fingerprint density at radius 1 is 1.35 bits per heavy atom. The zero-order valence-corrected chi connectivity index (χ0v) is 14.7. The van der Waals surface area contributed by atoms with Crippen molar-refractivity contribution in [2.24, 2.45) is 0 Å². The standard InChI is InChI=1S/C16H25BrN2S/c1-2-8-19-9-6-12(7-10-19)18-14-4-3-5-15-13(14)11-16(17)20-15/h11-12,14,18H,2-10H2,1H3. The summed E-state index contributed by atoms with van der Waals surface area (Å²) in [5.74, 6) is 0. The van der Waals surface area contributed by atoms with Crippen LogP contribution in [-0.2, 0) is 6.42 Å². The molecule has 112 valence electrons. The van der Waals surface area contributed by atoms with E-state index in [0.717, 1.165) is 6.04 Å². The molecule has 1 atom stereocenters. The number of aryl methyl sites for hydroxylation is 1. The fraction of sp³-hybridized carbons (Fsp3) is 0.750. The Labute approximate surface area is 135 Å². The Hall–Kier alpha value is 0.100. The van der Waals surface area contributed by atoms with E-state index in [4.69, 9.17) is 0 Å². The Balaban J connectivity index is 1.57. The molecule has 1 aromatic heterocycles. The van der Waals surface area contributed by atoms with Gasteiger partial charge < -0.3 is 10.2 Å². The smallest absolute Gasteiger partial charge is 0.0704 e. The molecule has 1 aliphatic heterocycles. The quantitative estimate of drug-likeness (QED) is 0.862. The van der Waals surface area contributed by atoms with Crippen molar-refractivity contribution in [3.63, 3.8) is 0 Å². The average molecular weight is 357 g/mol. The number of likely N-dealkylation sites (tertiary alicyclic amines) is 1. The largest absolute Gasteiger partial charge is 0.307 e. The highest BCUT2D eigenvalue weighted by Crippen LogP contribution is 2.38. The van der Waals surface area contributed by atoms with Gasteiger partial charge in [0.2, 0.25) is 0 Å². The summed E-state index contributed by atoms with van der Waals surface area (Å²) in [4.78, 5) is 4.22. The third-order valence-electron chi connectivity index (χ3n) is 4.65. The monoisotopic (exact) mass is 356 g/mol. The van der Waals surface area contributed by atoms with Gasteiger partial charge in [-0.05, 0) is 85.7 Å². The molecule has 0 radical (unpaired) electrons. The number of nitrogens with zero attached hydrogens (tertiary/aromatic N) is 1. The molecule has 1 fully saturated rings. The first kappa shape index (κ1) is 15.0. The zero-order chi connectivity index (χ0) is 13.9. The van der Waals surface area contributed by atoms with Gasteiger partial charge in [-0.1, -0.05) is 6.92 Å². The van der Waals surface area contributed by atoms with Gasteiger partial charge in [-0.2, -0.15) is 0 Å². The lowest BCUT2D eigenvalue weighted by atomic mass is 9.92. The molecule has 0 aromatic carbocycles. The van der Waals surface area contributed by atoms with E-state index in [0.29, 0.717) is 6.04 Å². The minimum atomic E-state index is 0.601. The number of halogens is 1. The maximum atomic E-state index is 3.95. The summed E-state index contributed by atoms with van der Waals surface area (Å²) in [5, 5.41) is 3.95. The maximum Gasteiger partial charge on any atom is 0.0704 e. The van der Waals surface area contributed by atoms with Gasteiger partial charge in [0.25, 0.3) is 0 Å². The van der Waals surface area contributed by atoms with E-state index >= 15 is 0 Å². The normalized spacial score (nSPS) is 24.8. The second-order valence-electron chi connectivity index (χ2n) is 6.16. The van der Waals surface area contributed by atoms with Gasteiger partial charge >= 0.3 is 0 Å². The number of rotatable bonds is 4. The number of hydrogen-bond donors (Lipinski definition) is 1. The van der Waals surface area contributed by atoms with Crippen molar-refractivity contribution in [2.45, 2.75) is 57.5 Å². The number of nitrogens with one attached hydrogen (secondary N) is 1. The molecule has 2 nitrogen and oxygen atoms in total. The molecule has 3 rings (SSSR count). The van der Waals surface area contributed by atoms with Crippen LogP contribution in [0, 0.1) is 0 Å². The van der Waals surface area contributed by atoms with Crippen molar-refractivity contribution in [1.29, 1.82) is 0 Å². The predicted octanol–water partition coefficient (Wildman–Crippen LogP) is 4.35. The van der Waals surface area contributed by atoms with E-state index in [2.05, 4.69) is 39.1 Å². The van der Waals surface area contributed by atoms with Crippen molar-refractivity contribution in [1.82, 2.24) is 10.2 Å². The Bertz CT molecular complexity index is 438. The molecule has 2 heterocycles. The van der Waals surface area contributed by atoms with E-state index in [9.17, 15) is 0 Å². The predicted molar refractivity (Wildman–Crippen MR) is 90.6 cm³/mol. The van der Waals surface area contributed by atoms with E-state index in [-0.39, 0.29) is 0 Å². The fourth-order valence-electron chi connectivity index (χ4n) is 3.62. The van der Waals surface area contributed by atoms with Gasteiger partial charge in [-0.15, -0.1) is 11.3 Å². The third-order valence-corrected chi connectivity index (χ3v) is 6.36. The number of hydrogen-bond acceptors (Lipinski definition) is 3. The van der Waals surface area contributed by atoms with E-state index in [1.54, 1.807) is 10.4 Å². The Morgan fingerprint density at radius 2 is 2.15 bits per heavy atom. The molecule has 1 saturated heterocycles. The molecular formula is C16H25BrN2S. The first-order chi connectivity index (χ1) is 9.76. The molecule has 1 aromatic rings. The van der Waals surface area contributed by atoms with Crippen LogP contribution in [0.25, 0.3) is 0 Å². The molecule has 20 heavy (non-hydrogen) atoms. The van der Waals surface area contributed by atoms with Crippen LogP contribution in [0.5, 0.6) is 0 Å². The van der Waals surface area contributed by atoms with Crippen LogP contribution in [0.3, 0.4) is 0 Å². The summed E-state index contributed by atoms with van der Waals surface area (Å²) < 4.78 is 1.30. The SMILES string of the molecule is CCCN1CCC(NC2CCCc3sc(Br)cc32)CC1. The van der Waals surface area contributed by atoms with E-state index < -0.39 is 0 Å². The molecule has 1 unspecified atom stereocenters. The number of fused-ring (bicyclic) bond motifs is 1. The molecule has 0 amide bonds. The summed E-state index contributed by atoms with van der Waals surface area (Å²) >= 11 is 5.59. The zero-order valence-electron chi connectivity index (χ0n) is 12.3. The molecule has 0 bridgehead atoms. The first-order valence-electron chi connectivity index (χ1n) is 8.02. The van der Waals surface area contributed by atoms with Gasteiger partial charge in [0, 0.05) is 17.0 Å². The molecule has 0 saturated carbocycles. The maximum absolute atomic E-state index is 3.95. The van der Waals surface area contributed by atoms with Crippen LogP contribution >= 0.6 is 27.3 Å². The number of piperidine rings is 1. The minimum absolute atomic E-state index is 0.601. The third kappa shape index (κ3) is 3.46. The summed E-state index contributed by atoms with van der Waals surface area (Å²) in [6, 6.07) is 3.67. The van der Waals surface area contributed by atoms with Crippen LogP contribution in [0.15, 0.2) is 9.85 Å². The second-order valence-corrected chi connectivity index (χ2v) is 8.67. The minimum Gasteiger partial charge on any atom is -0.307 e. The molecule has 1 N–H and O–H groups in total. The van der Waals surface area contributed by atoms with Crippen LogP contribution in [0.2, 0.25) is 0 Å². The molecule has 1 aliphatic carbocycles. The lowest BCUT2D eigenvalue weighted by Crippen LogP contribution is -2.44. The Morgan fingerprint density at radius 3 is 2.90 bits per heavy atom. The highest BCUT2D eigenvalue weighted by Gasteiger charge is 2.26. The average Bonchev–Trinajstić information content (AvgIpc) is 2.83. The van der Waals surface area contributed by atoms with Gasteiger partial charge in [0.05, 0.1) is 3.79 Å². The van der Waals surface area contributed by atoms with E-state index in [1.807, 2.05) is 11.3 Å². The van der Waals surface area contributed by atoms with Crippen LogP contribution in [-0.4, -0.2) is 30.6 Å². The molecule has 0 spiro atoms. The van der Waals surface area contributed by atoms with Crippen molar-refractivity contribution < 1.29 is 0 Å². The number of thiophene rings is 1. The van der Waals surface area contributed by atoms with Gasteiger partial charge in [-0.3, -0.25) is 0 Å². The van der Waals surface area contributed by atoms with Crippen LogP contribution in [0.4, 0.5) is 0 Å². The lowest BCUT2D eigenvalue weighted by Gasteiger charge is -2.35. The topological polar surface area (TPSA) is 15.3 Å². The fourth-order valence-corrected chi connectivity index (χ4v) is 5.44. The first-order valence-corrected chi connectivity index (χ1v) is 9.63. The van der Waals surface area contributed by atoms with Crippen LogP contribution in [0.1, 0.15) is 55.5 Å². The van der Waals surface area contributed by atoms with Crippen molar-refractivity contribution in [3.05, 3.63) is 20.3 Å². The summed E-state index contributed by atoms with van der Waals surface area (Å²) in [6.45, 7) is 6.11. The highest BCUT2D eigenvalue weighted by molar-refractivity contribution is 9.11.